The summed E-state index contributed by atoms with van der Waals surface area (Å²) in [4.78, 5) is 25.4. The van der Waals surface area contributed by atoms with Gasteiger partial charge in [-0.15, -0.1) is 5.10 Å². The number of fused-ring (bicyclic) bond motifs is 3. The van der Waals surface area contributed by atoms with E-state index in [1.165, 1.54) is 16.5 Å². The second-order valence-electron chi connectivity index (χ2n) is 8.92. The monoisotopic (exact) mass is 536 g/mol. The minimum Gasteiger partial charge on any atom is -0.481 e. The standard InChI is InChI=1S/C25H22BrFN6O2/c1-35-23-5-2-15(8-29-23)10-32-18-7-19(32)13-31(12-18)22-4-3-16(9-28-22)20-6-17(26)11-33-24(20)21(14-34)25(27)30-33/h2-6,8-9,11,14,18-19H,7,10,12-13H2,1H3. The fourth-order valence-electron chi connectivity index (χ4n) is 5.17. The van der Waals surface area contributed by atoms with E-state index in [0.29, 0.717) is 35.3 Å². The van der Waals surface area contributed by atoms with E-state index >= 15 is 0 Å². The molecule has 2 bridgehead atoms. The molecule has 2 unspecified atom stereocenters. The summed E-state index contributed by atoms with van der Waals surface area (Å²) in [6.07, 6.45) is 6.98. The van der Waals surface area contributed by atoms with Crippen molar-refractivity contribution in [3.63, 3.8) is 0 Å². The van der Waals surface area contributed by atoms with Crippen LogP contribution in [0.4, 0.5) is 10.2 Å². The minimum atomic E-state index is -0.786. The number of halogens is 2. The highest BCUT2D eigenvalue weighted by Crippen LogP contribution is 2.36. The summed E-state index contributed by atoms with van der Waals surface area (Å²) in [7, 11) is 1.62. The molecule has 35 heavy (non-hydrogen) atoms. The number of hydrogen-bond acceptors (Lipinski definition) is 7. The van der Waals surface area contributed by atoms with Crippen molar-refractivity contribution < 1.29 is 13.9 Å². The molecule has 3 fully saturated rings. The molecule has 178 valence electrons. The lowest BCUT2D eigenvalue weighted by atomic mass is 9.87. The van der Waals surface area contributed by atoms with E-state index in [2.05, 4.69) is 41.9 Å². The maximum atomic E-state index is 14.2. The average Bonchev–Trinajstić information content (AvgIpc) is 3.21. The molecule has 0 spiro atoms. The lowest BCUT2D eigenvalue weighted by molar-refractivity contribution is -0.00876. The van der Waals surface area contributed by atoms with Crippen LogP contribution in [0.25, 0.3) is 16.6 Å². The van der Waals surface area contributed by atoms with Crippen LogP contribution in [0.3, 0.4) is 0 Å². The van der Waals surface area contributed by atoms with Crippen molar-refractivity contribution in [1.82, 2.24) is 24.5 Å². The first-order chi connectivity index (χ1) is 17.0. The maximum absolute atomic E-state index is 14.2. The molecule has 3 saturated heterocycles. The molecule has 2 atom stereocenters. The first-order valence-electron chi connectivity index (χ1n) is 11.3. The van der Waals surface area contributed by atoms with Gasteiger partial charge in [-0.3, -0.25) is 9.69 Å². The Balaban J connectivity index is 1.19. The van der Waals surface area contributed by atoms with Gasteiger partial charge in [-0.05, 0) is 46.1 Å². The van der Waals surface area contributed by atoms with Crippen LogP contribution >= 0.6 is 15.9 Å². The van der Waals surface area contributed by atoms with Crippen molar-refractivity contribution in [2.75, 3.05) is 25.1 Å². The largest absolute Gasteiger partial charge is 0.481 e. The lowest BCUT2D eigenvalue weighted by Crippen LogP contribution is -2.68. The van der Waals surface area contributed by atoms with Crippen molar-refractivity contribution in [2.24, 2.45) is 0 Å². The van der Waals surface area contributed by atoms with Crippen molar-refractivity contribution in [3.05, 3.63) is 70.5 Å². The van der Waals surface area contributed by atoms with Crippen LogP contribution in [0, 0.1) is 5.95 Å². The molecule has 0 aromatic carbocycles. The van der Waals surface area contributed by atoms with E-state index in [4.69, 9.17) is 9.72 Å². The van der Waals surface area contributed by atoms with Gasteiger partial charge in [0.1, 0.15) is 5.82 Å². The van der Waals surface area contributed by atoms with Crippen molar-refractivity contribution in [1.29, 1.82) is 0 Å². The number of pyridine rings is 3. The second kappa shape index (κ2) is 8.69. The lowest BCUT2D eigenvalue weighted by Gasteiger charge is -2.56. The van der Waals surface area contributed by atoms with Gasteiger partial charge in [0.25, 0.3) is 0 Å². The predicted molar refractivity (Wildman–Crippen MR) is 132 cm³/mol. The number of rotatable bonds is 6. The van der Waals surface area contributed by atoms with E-state index in [1.54, 1.807) is 19.5 Å². The quantitative estimate of drug-likeness (QED) is 0.345. The van der Waals surface area contributed by atoms with Gasteiger partial charge in [-0.2, -0.15) is 4.39 Å². The Kier molecular flexibility index (Phi) is 5.49. The minimum absolute atomic E-state index is 0.0557. The van der Waals surface area contributed by atoms with Gasteiger partial charge in [0.05, 0.1) is 18.2 Å². The topological polar surface area (TPSA) is 75.9 Å². The molecule has 7 heterocycles. The van der Waals surface area contributed by atoms with E-state index in [-0.39, 0.29) is 5.56 Å². The molecule has 4 aromatic heterocycles. The number of aldehydes is 1. The van der Waals surface area contributed by atoms with Crippen molar-refractivity contribution in [2.45, 2.75) is 25.0 Å². The summed E-state index contributed by atoms with van der Waals surface area (Å²) in [5.41, 5.74) is 3.04. The Morgan fingerprint density at radius 3 is 2.66 bits per heavy atom. The fraction of sp³-hybridized carbons (Fsp3) is 0.280. The van der Waals surface area contributed by atoms with E-state index in [0.717, 1.165) is 35.5 Å². The second-order valence-corrected chi connectivity index (χ2v) is 9.84. The van der Waals surface area contributed by atoms with E-state index in [1.807, 2.05) is 30.5 Å². The molecule has 4 aromatic rings. The Morgan fingerprint density at radius 1 is 1.17 bits per heavy atom. The normalized spacial score (nSPS) is 19.6. The highest BCUT2D eigenvalue weighted by Gasteiger charge is 2.44. The van der Waals surface area contributed by atoms with Gasteiger partial charge < -0.3 is 9.64 Å². The van der Waals surface area contributed by atoms with Crippen LogP contribution in [-0.2, 0) is 6.54 Å². The highest BCUT2D eigenvalue weighted by atomic mass is 79.9. The Morgan fingerprint density at radius 2 is 2.00 bits per heavy atom. The zero-order chi connectivity index (χ0) is 24.1. The SMILES string of the molecule is COc1ccc(CN2C3CC2CN(c2ccc(-c4cc(Br)cn5nc(F)c(C=O)c45)cn2)C3)cn1. The summed E-state index contributed by atoms with van der Waals surface area (Å²) < 4.78 is 21.4. The Labute approximate surface area is 209 Å². The molecule has 0 N–H and O–H groups in total. The van der Waals surface area contributed by atoms with E-state index in [9.17, 15) is 9.18 Å². The smallest absolute Gasteiger partial charge is 0.244 e. The highest BCUT2D eigenvalue weighted by molar-refractivity contribution is 9.10. The Hall–Kier alpha value is -3.37. The van der Waals surface area contributed by atoms with Crippen LogP contribution in [0.1, 0.15) is 22.3 Å². The number of nitrogens with zero attached hydrogens (tertiary/aromatic N) is 6. The van der Waals surface area contributed by atoms with Gasteiger partial charge in [-0.25, -0.2) is 14.5 Å². The molecule has 0 amide bonds. The summed E-state index contributed by atoms with van der Waals surface area (Å²) in [6.45, 7) is 2.71. The third kappa shape index (κ3) is 3.86. The van der Waals surface area contributed by atoms with Gasteiger partial charge in [-0.1, -0.05) is 6.07 Å². The molecule has 3 aliphatic heterocycles. The number of anilines is 1. The molecule has 0 radical (unpaired) electrons. The summed E-state index contributed by atoms with van der Waals surface area (Å²) in [5, 5.41) is 3.83. The van der Waals surface area contributed by atoms with Crippen LogP contribution in [0.2, 0.25) is 0 Å². The van der Waals surface area contributed by atoms with Crippen LogP contribution in [-0.4, -0.2) is 63.1 Å². The number of methoxy groups -OCH3 is 1. The van der Waals surface area contributed by atoms with Crippen LogP contribution < -0.4 is 9.64 Å². The molecule has 10 heteroatoms. The average molecular weight is 537 g/mol. The molecule has 0 aliphatic carbocycles. The predicted octanol–water partition coefficient (Wildman–Crippen LogP) is 3.98. The Bertz CT molecular complexity index is 1400. The van der Waals surface area contributed by atoms with Crippen LogP contribution in [0.15, 0.2) is 53.4 Å². The molecule has 3 aliphatic rings. The van der Waals surface area contributed by atoms with Crippen molar-refractivity contribution >= 4 is 33.6 Å². The first-order valence-corrected chi connectivity index (χ1v) is 12.1. The number of ether oxygens (including phenoxy) is 1. The van der Waals surface area contributed by atoms with E-state index < -0.39 is 5.95 Å². The number of piperidine rings is 1. The number of hydrogen-bond donors (Lipinski definition) is 0. The van der Waals surface area contributed by atoms with Crippen LogP contribution in [0.5, 0.6) is 5.88 Å². The van der Waals surface area contributed by atoms with Gasteiger partial charge in [0.15, 0.2) is 6.29 Å². The van der Waals surface area contributed by atoms with Gasteiger partial charge in [0, 0.05) is 72.0 Å². The van der Waals surface area contributed by atoms with Gasteiger partial charge >= 0.3 is 0 Å². The molecule has 7 rings (SSSR count). The third-order valence-corrected chi connectivity index (χ3v) is 7.34. The fourth-order valence-corrected chi connectivity index (χ4v) is 5.59. The van der Waals surface area contributed by atoms with Gasteiger partial charge in [0.2, 0.25) is 11.8 Å². The third-order valence-electron chi connectivity index (χ3n) is 6.90. The first kappa shape index (κ1) is 22.1. The zero-order valence-electron chi connectivity index (χ0n) is 18.9. The number of carbonyl (C=O) groups is 1. The maximum Gasteiger partial charge on any atom is 0.244 e. The summed E-state index contributed by atoms with van der Waals surface area (Å²) in [5.74, 6) is 0.754. The number of piperazine rings is 1. The van der Waals surface area contributed by atoms with Crippen molar-refractivity contribution in [3.8, 4) is 17.0 Å². The zero-order valence-corrected chi connectivity index (χ0v) is 20.5. The molecular formula is C25H22BrFN6O2. The summed E-state index contributed by atoms with van der Waals surface area (Å²) >= 11 is 3.45. The summed E-state index contributed by atoms with van der Waals surface area (Å²) in [6, 6.07) is 10.7. The molecule has 0 saturated carbocycles. The number of carbonyl (C=O) groups excluding carboxylic acids is 1. The number of aromatic nitrogens is 4. The molecule has 8 nitrogen and oxygen atoms in total. The molecular weight excluding hydrogens is 515 g/mol.